The van der Waals surface area contributed by atoms with Crippen LogP contribution in [0.4, 0.5) is 8.78 Å². The number of ether oxygens (including phenoxy) is 2. The summed E-state index contributed by atoms with van der Waals surface area (Å²) in [5.74, 6) is -0.721. The Kier molecular flexibility index (Phi) is 10.2. The van der Waals surface area contributed by atoms with E-state index in [1.165, 1.54) is 13.2 Å². The smallest absolute Gasteiger partial charge is 0.345 e. The number of hydrogen-bond donors (Lipinski definition) is 2. The quantitative estimate of drug-likeness (QED) is 0.291. The predicted molar refractivity (Wildman–Crippen MR) is 116 cm³/mol. The molecule has 0 bridgehead atoms. The Morgan fingerprint density at radius 1 is 1.13 bits per heavy atom. The Bertz CT molecular complexity index is 861. The van der Waals surface area contributed by atoms with Crippen molar-refractivity contribution in [3.63, 3.8) is 0 Å². The summed E-state index contributed by atoms with van der Waals surface area (Å²) in [5, 5.41) is 13.3. The molecule has 0 saturated heterocycles. The van der Waals surface area contributed by atoms with Crippen molar-refractivity contribution in [3.8, 4) is 11.5 Å². The van der Waals surface area contributed by atoms with Crippen molar-refractivity contribution in [2.75, 3.05) is 20.3 Å². The average molecular weight is 453 g/mol. The number of aromatic hydroxyl groups is 1. The first kappa shape index (κ1) is 24.5. The number of hydrogen-bond acceptors (Lipinski definition) is 5. The fourth-order valence-electron chi connectivity index (χ4n) is 2.82. The molecule has 2 aromatic rings. The van der Waals surface area contributed by atoms with E-state index in [-0.39, 0.29) is 23.0 Å². The highest BCUT2D eigenvalue weighted by atomic mass is 31.1. The maximum atomic E-state index is 12.4. The zero-order valence-electron chi connectivity index (χ0n) is 17.2. The van der Waals surface area contributed by atoms with E-state index in [9.17, 15) is 23.5 Å². The SMILES string of the molecule is COC(=O)c1c(O)cccc1OCCCCNC(=O)CCc1ccc(PC(F)F)cc1. The Hall–Kier alpha value is -2.73. The minimum atomic E-state index is -2.34. The first-order valence-corrected chi connectivity index (χ1v) is 10.9. The Morgan fingerprint density at radius 2 is 1.87 bits per heavy atom. The Balaban J connectivity index is 1.63. The molecule has 1 unspecified atom stereocenters. The average Bonchev–Trinajstić information content (AvgIpc) is 2.74. The lowest BCUT2D eigenvalue weighted by Gasteiger charge is -2.11. The van der Waals surface area contributed by atoms with Crippen molar-refractivity contribution in [1.82, 2.24) is 5.32 Å². The molecule has 0 aliphatic carbocycles. The van der Waals surface area contributed by atoms with Gasteiger partial charge in [-0.05, 0) is 50.8 Å². The van der Waals surface area contributed by atoms with Gasteiger partial charge in [0.25, 0.3) is 6.17 Å². The number of aryl methyl sites for hydroxylation is 1. The molecule has 0 fully saturated rings. The number of phenols is 1. The predicted octanol–water partition coefficient (Wildman–Crippen LogP) is 3.61. The number of unbranched alkanes of at least 4 members (excludes halogenated alkanes) is 1. The van der Waals surface area contributed by atoms with Gasteiger partial charge in [-0.15, -0.1) is 0 Å². The van der Waals surface area contributed by atoms with Crippen molar-refractivity contribution >= 4 is 25.8 Å². The number of carbonyl (C=O) groups excluding carboxylic acids is 2. The van der Waals surface area contributed by atoms with Crippen molar-refractivity contribution in [2.24, 2.45) is 0 Å². The lowest BCUT2D eigenvalue weighted by molar-refractivity contribution is -0.121. The number of esters is 1. The molecule has 0 radical (unpaired) electrons. The third-order valence-corrected chi connectivity index (χ3v) is 5.30. The Morgan fingerprint density at radius 3 is 2.55 bits per heavy atom. The highest BCUT2D eigenvalue weighted by Crippen LogP contribution is 2.28. The summed E-state index contributed by atoms with van der Waals surface area (Å²) in [5.41, 5.74) is 0.917. The molecule has 0 aliphatic heterocycles. The molecular formula is C22H26F2NO5P. The number of benzene rings is 2. The molecule has 2 N–H and O–H groups in total. The molecule has 9 heteroatoms. The molecule has 0 saturated carbocycles. The van der Waals surface area contributed by atoms with Crippen LogP contribution < -0.4 is 15.4 Å². The largest absolute Gasteiger partial charge is 0.507 e. The minimum Gasteiger partial charge on any atom is -0.507 e. The first-order chi connectivity index (χ1) is 14.9. The molecule has 168 valence electrons. The van der Waals surface area contributed by atoms with Crippen LogP contribution in [0.1, 0.15) is 35.2 Å². The summed E-state index contributed by atoms with van der Waals surface area (Å²) < 4.78 is 34.9. The van der Waals surface area contributed by atoms with Crippen molar-refractivity contribution in [1.29, 1.82) is 0 Å². The van der Waals surface area contributed by atoms with Gasteiger partial charge in [0.2, 0.25) is 5.91 Å². The summed E-state index contributed by atoms with van der Waals surface area (Å²) in [4.78, 5) is 23.7. The molecular weight excluding hydrogens is 427 g/mol. The fraction of sp³-hybridized carbons (Fsp3) is 0.364. The van der Waals surface area contributed by atoms with Crippen LogP contribution in [-0.4, -0.2) is 43.4 Å². The van der Waals surface area contributed by atoms with E-state index in [1.807, 2.05) is 0 Å². The van der Waals surface area contributed by atoms with Crippen LogP contribution in [0.15, 0.2) is 42.5 Å². The van der Waals surface area contributed by atoms with Crippen molar-refractivity contribution in [2.45, 2.75) is 31.8 Å². The number of methoxy groups -OCH3 is 1. The summed E-state index contributed by atoms with van der Waals surface area (Å²) in [6.07, 6.45) is -0.152. The number of nitrogens with one attached hydrogen (secondary N) is 1. The fourth-order valence-corrected chi connectivity index (χ4v) is 3.44. The summed E-state index contributed by atoms with van der Waals surface area (Å²) in [6.45, 7) is 0.801. The van der Waals surface area contributed by atoms with Crippen LogP contribution in [0.3, 0.4) is 0 Å². The number of alkyl halides is 2. The molecule has 31 heavy (non-hydrogen) atoms. The van der Waals surface area contributed by atoms with Gasteiger partial charge < -0.3 is 19.9 Å². The van der Waals surface area contributed by atoms with Crippen molar-refractivity contribution in [3.05, 3.63) is 53.6 Å². The Labute approximate surface area is 181 Å². The molecule has 0 aromatic heterocycles. The van der Waals surface area contributed by atoms with Crippen LogP contribution in [0.5, 0.6) is 11.5 Å². The maximum Gasteiger partial charge on any atom is 0.345 e. The van der Waals surface area contributed by atoms with Gasteiger partial charge in [-0.1, -0.05) is 30.3 Å². The number of phenolic OH excluding ortho intramolecular Hbond substituents is 1. The van der Waals surface area contributed by atoms with E-state index < -0.39 is 20.7 Å². The van der Waals surface area contributed by atoms with Gasteiger partial charge >= 0.3 is 5.97 Å². The lowest BCUT2D eigenvalue weighted by atomic mass is 10.1. The normalized spacial score (nSPS) is 11.1. The van der Waals surface area contributed by atoms with Gasteiger partial charge in [-0.25, -0.2) is 13.6 Å². The standard InChI is InChI=1S/C22H26F2NO5P/c1-29-21(28)20-17(26)5-4-6-18(20)30-14-3-2-13-25-19(27)12-9-15-7-10-16(11-8-15)31-22(23)24/h4-8,10-11,22,26,31H,2-3,9,12-14H2,1H3,(H,25,27). The number of carbonyl (C=O) groups is 2. The molecule has 2 rings (SSSR count). The van der Waals surface area contributed by atoms with Gasteiger partial charge in [0.05, 0.1) is 13.7 Å². The van der Waals surface area contributed by atoms with E-state index >= 15 is 0 Å². The van der Waals surface area contributed by atoms with E-state index in [1.54, 1.807) is 36.4 Å². The number of rotatable bonds is 12. The molecule has 6 nitrogen and oxygen atoms in total. The summed E-state index contributed by atoms with van der Waals surface area (Å²) in [6, 6.07) is 11.4. The van der Waals surface area contributed by atoms with E-state index in [0.29, 0.717) is 44.1 Å². The van der Waals surface area contributed by atoms with Crippen molar-refractivity contribution < 1.29 is 33.0 Å². The van der Waals surface area contributed by atoms with Crippen LogP contribution in [0.25, 0.3) is 0 Å². The highest BCUT2D eigenvalue weighted by Gasteiger charge is 2.17. The zero-order valence-corrected chi connectivity index (χ0v) is 18.2. The number of halogens is 2. The van der Waals surface area contributed by atoms with Crippen LogP contribution in [0, 0.1) is 0 Å². The van der Waals surface area contributed by atoms with E-state index in [0.717, 1.165) is 5.56 Å². The zero-order chi connectivity index (χ0) is 22.6. The summed E-state index contributed by atoms with van der Waals surface area (Å²) >= 11 is 0. The third-order valence-electron chi connectivity index (χ3n) is 4.42. The molecule has 0 spiro atoms. The topological polar surface area (TPSA) is 84.9 Å². The lowest BCUT2D eigenvalue weighted by Crippen LogP contribution is -2.25. The van der Waals surface area contributed by atoms with E-state index in [2.05, 4.69) is 10.1 Å². The molecule has 1 amide bonds. The van der Waals surface area contributed by atoms with Gasteiger partial charge in [0.15, 0.2) is 0 Å². The van der Waals surface area contributed by atoms with Crippen LogP contribution in [-0.2, 0) is 16.0 Å². The van der Waals surface area contributed by atoms with Gasteiger partial charge in [-0.3, -0.25) is 4.79 Å². The second kappa shape index (κ2) is 12.8. The summed E-state index contributed by atoms with van der Waals surface area (Å²) in [7, 11) is 0.710. The molecule has 1 atom stereocenters. The third kappa shape index (κ3) is 8.50. The molecule has 2 aromatic carbocycles. The van der Waals surface area contributed by atoms with Crippen LogP contribution in [0.2, 0.25) is 0 Å². The monoisotopic (exact) mass is 453 g/mol. The molecule has 0 aliphatic rings. The second-order valence-corrected chi connectivity index (χ2v) is 7.99. The van der Waals surface area contributed by atoms with Crippen LogP contribution >= 0.6 is 8.58 Å². The van der Waals surface area contributed by atoms with Gasteiger partial charge in [0.1, 0.15) is 17.1 Å². The van der Waals surface area contributed by atoms with Gasteiger partial charge in [0, 0.05) is 13.0 Å². The minimum absolute atomic E-state index is 0.0130. The maximum absolute atomic E-state index is 12.4. The number of amides is 1. The van der Waals surface area contributed by atoms with E-state index in [4.69, 9.17) is 4.74 Å². The molecule has 0 heterocycles. The second-order valence-electron chi connectivity index (χ2n) is 6.69. The highest BCUT2D eigenvalue weighted by molar-refractivity contribution is 7.47. The first-order valence-electron chi connectivity index (χ1n) is 9.84. The van der Waals surface area contributed by atoms with Gasteiger partial charge in [-0.2, -0.15) is 0 Å².